The zero-order chi connectivity index (χ0) is 17.6. The second kappa shape index (κ2) is 8.15. The van der Waals surface area contributed by atoms with Crippen LogP contribution in [-0.2, 0) is 6.61 Å². The van der Waals surface area contributed by atoms with Crippen molar-refractivity contribution in [1.82, 2.24) is 10.3 Å². The predicted molar refractivity (Wildman–Crippen MR) is 105 cm³/mol. The fourth-order valence-corrected chi connectivity index (χ4v) is 3.52. The minimum Gasteiger partial charge on any atom is -0.489 e. The number of nitrogens with zero attached hydrogens (tertiary/aromatic N) is 1. The number of hydrogen-bond donors (Lipinski definition) is 1. The topological polar surface area (TPSA) is 34.1 Å². The van der Waals surface area contributed by atoms with Gasteiger partial charge in [0.15, 0.2) is 0 Å². The fourth-order valence-electron chi connectivity index (χ4n) is 3.52. The molecule has 0 spiro atoms. The van der Waals surface area contributed by atoms with Gasteiger partial charge >= 0.3 is 0 Å². The van der Waals surface area contributed by atoms with Crippen molar-refractivity contribution < 1.29 is 4.74 Å². The molecule has 1 aliphatic heterocycles. The van der Waals surface area contributed by atoms with Gasteiger partial charge in [-0.15, -0.1) is 0 Å². The van der Waals surface area contributed by atoms with Crippen LogP contribution in [-0.4, -0.2) is 18.1 Å². The van der Waals surface area contributed by atoms with E-state index in [0.717, 1.165) is 24.4 Å². The van der Waals surface area contributed by atoms with Crippen molar-refractivity contribution in [3.05, 3.63) is 84.2 Å². The molecule has 1 fully saturated rings. The van der Waals surface area contributed by atoms with Crippen LogP contribution in [0.4, 0.5) is 0 Å². The SMILES string of the molecule is c1cncc(COc2ccc(-c3cccc(C4CCNCC4)c3)cc2)c1. The predicted octanol–water partition coefficient (Wildman–Crippen LogP) is 4.79. The van der Waals surface area contributed by atoms with Crippen LogP contribution >= 0.6 is 0 Å². The molecule has 3 nitrogen and oxygen atoms in total. The average Bonchev–Trinajstić information content (AvgIpc) is 2.74. The highest BCUT2D eigenvalue weighted by molar-refractivity contribution is 5.65. The molecule has 0 aliphatic carbocycles. The number of aromatic nitrogens is 1. The Labute approximate surface area is 155 Å². The van der Waals surface area contributed by atoms with E-state index >= 15 is 0 Å². The lowest BCUT2D eigenvalue weighted by molar-refractivity contribution is 0.306. The van der Waals surface area contributed by atoms with Crippen LogP contribution in [0.25, 0.3) is 11.1 Å². The fraction of sp³-hybridized carbons (Fsp3) is 0.261. The van der Waals surface area contributed by atoms with E-state index in [1.54, 1.807) is 6.20 Å². The molecule has 0 saturated carbocycles. The minimum atomic E-state index is 0.540. The molecule has 1 saturated heterocycles. The van der Waals surface area contributed by atoms with Gasteiger partial charge in [0.1, 0.15) is 12.4 Å². The normalized spacial score (nSPS) is 14.9. The van der Waals surface area contributed by atoms with Crippen LogP contribution in [0.5, 0.6) is 5.75 Å². The molecule has 1 aromatic heterocycles. The van der Waals surface area contributed by atoms with Gasteiger partial charge in [-0.1, -0.05) is 42.5 Å². The molecule has 3 aromatic rings. The quantitative estimate of drug-likeness (QED) is 0.722. The number of rotatable bonds is 5. The van der Waals surface area contributed by atoms with E-state index in [0.29, 0.717) is 12.5 Å². The third-order valence-corrected chi connectivity index (χ3v) is 5.01. The van der Waals surface area contributed by atoms with Gasteiger partial charge in [0.2, 0.25) is 0 Å². The largest absolute Gasteiger partial charge is 0.489 e. The summed E-state index contributed by atoms with van der Waals surface area (Å²) < 4.78 is 5.85. The first-order chi connectivity index (χ1) is 12.9. The van der Waals surface area contributed by atoms with E-state index in [1.807, 2.05) is 30.5 Å². The number of piperidine rings is 1. The summed E-state index contributed by atoms with van der Waals surface area (Å²) in [6.07, 6.45) is 6.06. The van der Waals surface area contributed by atoms with E-state index in [-0.39, 0.29) is 0 Å². The van der Waals surface area contributed by atoms with Gasteiger partial charge in [-0.05, 0) is 66.7 Å². The third kappa shape index (κ3) is 4.12. The number of nitrogens with one attached hydrogen (secondary N) is 1. The molecular formula is C23H24N2O. The van der Waals surface area contributed by atoms with Crippen molar-refractivity contribution in [2.24, 2.45) is 0 Å². The summed E-state index contributed by atoms with van der Waals surface area (Å²) in [5.74, 6) is 1.56. The molecule has 0 bridgehead atoms. The first-order valence-electron chi connectivity index (χ1n) is 9.31. The van der Waals surface area contributed by atoms with Crippen molar-refractivity contribution in [1.29, 1.82) is 0 Å². The Morgan fingerprint density at radius 2 is 1.77 bits per heavy atom. The van der Waals surface area contributed by atoms with Crippen LogP contribution in [0.1, 0.15) is 29.9 Å². The Hall–Kier alpha value is -2.65. The molecule has 0 atom stereocenters. The highest BCUT2D eigenvalue weighted by atomic mass is 16.5. The lowest BCUT2D eigenvalue weighted by atomic mass is 9.88. The molecule has 2 aromatic carbocycles. The molecule has 1 N–H and O–H groups in total. The maximum Gasteiger partial charge on any atom is 0.119 e. The van der Waals surface area contributed by atoms with Gasteiger partial charge in [-0.25, -0.2) is 0 Å². The molecule has 4 rings (SSSR count). The van der Waals surface area contributed by atoms with E-state index in [9.17, 15) is 0 Å². The summed E-state index contributed by atoms with van der Waals surface area (Å²) in [4.78, 5) is 4.11. The summed E-state index contributed by atoms with van der Waals surface area (Å²) in [5.41, 5.74) is 5.04. The maximum absolute atomic E-state index is 5.85. The molecule has 26 heavy (non-hydrogen) atoms. The van der Waals surface area contributed by atoms with Gasteiger partial charge in [0, 0.05) is 18.0 Å². The van der Waals surface area contributed by atoms with Gasteiger partial charge in [-0.3, -0.25) is 4.98 Å². The molecule has 0 amide bonds. The average molecular weight is 344 g/mol. The Morgan fingerprint density at radius 3 is 2.54 bits per heavy atom. The van der Waals surface area contributed by atoms with Crippen LogP contribution in [0.15, 0.2) is 73.1 Å². The standard InChI is InChI=1S/C23H24N2O/c1-4-21(15-22(5-1)20-10-13-24-14-11-20)19-6-8-23(9-7-19)26-17-18-3-2-12-25-16-18/h1-9,12,15-16,20,24H,10-11,13-14,17H2. The van der Waals surface area contributed by atoms with Gasteiger partial charge < -0.3 is 10.1 Å². The Kier molecular flexibility index (Phi) is 5.27. The van der Waals surface area contributed by atoms with Crippen molar-refractivity contribution in [3.63, 3.8) is 0 Å². The third-order valence-electron chi connectivity index (χ3n) is 5.01. The zero-order valence-electron chi connectivity index (χ0n) is 14.9. The zero-order valence-corrected chi connectivity index (χ0v) is 14.9. The van der Waals surface area contributed by atoms with Crippen molar-refractivity contribution in [2.75, 3.05) is 13.1 Å². The van der Waals surface area contributed by atoms with Crippen molar-refractivity contribution >= 4 is 0 Å². The van der Waals surface area contributed by atoms with Gasteiger partial charge in [0.25, 0.3) is 0 Å². The Morgan fingerprint density at radius 1 is 0.923 bits per heavy atom. The van der Waals surface area contributed by atoms with Crippen molar-refractivity contribution in [2.45, 2.75) is 25.4 Å². The Balaban J connectivity index is 1.44. The lowest BCUT2D eigenvalue weighted by Crippen LogP contribution is -2.26. The van der Waals surface area contributed by atoms with Crippen LogP contribution < -0.4 is 10.1 Å². The monoisotopic (exact) mass is 344 g/mol. The van der Waals surface area contributed by atoms with Gasteiger partial charge in [0.05, 0.1) is 0 Å². The smallest absolute Gasteiger partial charge is 0.119 e. The summed E-state index contributed by atoms with van der Waals surface area (Å²) >= 11 is 0. The molecule has 0 radical (unpaired) electrons. The van der Waals surface area contributed by atoms with Crippen LogP contribution in [0.2, 0.25) is 0 Å². The molecular weight excluding hydrogens is 320 g/mol. The van der Waals surface area contributed by atoms with Crippen LogP contribution in [0, 0.1) is 0 Å². The molecule has 3 heteroatoms. The second-order valence-corrected chi connectivity index (χ2v) is 6.82. The van der Waals surface area contributed by atoms with E-state index in [4.69, 9.17) is 4.74 Å². The number of ether oxygens (including phenoxy) is 1. The molecule has 2 heterocycles. The van der Waals surface area contributed by atoms with E-state index < -0.39 is 0 Å². The minimum absolute atomic E-state index is 0.540. The second-order valence-electron chi connectivity index (χ2n) is 6.82. The molecule has 1 aliphatic rings. The summed E-state index contributed by atoms with van der Waals surface area (Å²) in [5, 5.41) is 3.44. The lowest BCUT2D eigenvalue weighted by Gasteiger charge is -2.23. The van der Waals surface area contributed by atoms with E-state index in [2.05, 4.69) is 46.7 Å². The van der Waals surface area contributed by atoms with E-state index in [1.165, 1.54) is 29.5 Å². The first kappa shape index (κ1) is 16.8. The highest BCUT2D eigenvalue weighted by Crippen LogP contribution is 2.30. The maximum atomic E-state index is 5.85. The number of benzene rings is 2. The van der Waals surface area contributed by atoms with Crippen molar-refractivity contribution in [3.8, 4) is 16.9 Å². The molecule has 132 valence electrons. The number of hydrogen-bond acceptors (Lipinski definition) is 3. The number of pyridine rings is 1. The summed E-state index contributed by atoms with van der Waals surface area (Å²) in [7, 11) is 0. The van der Waals surface area contributed by atoms with Crippen LogP contribution in [0.3, 0.4) is 0 Å². The molecule has 0 unspecified atom stereocenters. The summed E-state index contributed by atoms with van der Waals surface area (Å²) in [6, 6.07) is 21.3. The Bertz CT molecular complexity index is 824. The summed E-state index contributed by atoms with van der Waals surface area (Å²) in [6.45, 7) is 2.79. The highest BCUT2D eigenvalue weighted by Gasteiger charge is 2.15. The van der Waals surface area contributed by atoms with Gasteiger partial charge in [-0.2, -0.15) is 0 Å². The first-order valence-corrected chi connectivity index (χ1v) is 9.31.